The van der Waals surface area contributed by atoms with E-state index in [0.29, 0.717) is 24.7 Å². The van der Waals surface area contributed by atoms with Crippen LogP contribution in [0.15, 0.2) is 52.0 Å². The van der Waals surface area contributed by atoms with Gasteiger partial charge in [0.05, 0.1) is 12.8 Å². The first-order valence-corrected chi connectivity index (χ1v) is 9.63. The lowest BCUT2D eigenvalue weighted by atomic mass is 10.3. The van der Waals surface area contributed by atoms with E-state index in [9.17, 15) is 12.8 Å². The quantitative estimate of drug-likeness (QED) is 0.813. The zero-order valence-electron chi connectivity index (χ0n) is 13.4. The first-order valence-electron chi connectivity index (χ1n) is 7.78. The van der Waals surface area contributed by atoms with Crippen LogP contribution in [0, 0.1) is 5.82 Å². The molecule has 6 nitrogen and oxygen atoms in total. The van der Waals surface area contributed by atoms with Crippen LogP contribution in [0.1, 0.15) is 5.76 Å². The van der Waals surface area contributed by atoms with Crippen LogP contribution in [0.3, 0.4) is 0 Å². The van der Waals surface area contributed by atoms with E-state index in [1.807, 2.05) is 11.0 Å². The Kier molecular flexibility index (Phi) is 5.36. The lowest BCUT2D eigenvalue weighted by molar-refractivity contribution is 0.263. The molecule has 0 atom stereocenters. The largest absolute Gasteiger partial charge is 0.467 e. The Labute approximate surface area is 151 Å². The highest BCUT2D eigenvalue weighted by molar-refractivity contribution is 7.89. The summed E-state index contributed by atoms with van der Waals surface area (Å²) >= 11 is 5.34. The van der Waals surface area contributed by atoms with Crippen LogP contribution in [0.2, 0.25) is 0 Å². The summed E-state index contributed by atoms with van der Waals surface area (Å²) in [5.74, 6) is 0.0312. The molecule has 0 bridgehead atoms. The number of nitrogens with zero attached hydrogens (tertiary/aromatic N) is 2. The van der Waals surface area contributed by atoms with Crippen LogP contribution in [-0.2, 0) is 16.6 Å². The van der Waals surface area contributed by atoms with Crippen molar-refractivity contribution in [2.75, 3.05) is 26.2 Å². The molecule has 0 unspecified atom stereocenters. The van der Waals surface area contributed by atoms with Gasteiger partial charge in [0.2, 0.25) is 10.0 Å². The lowest BCUT2D eigenvalue weighted by Crippen LogP contribution is -2.52. The summed E-state index contributed by atoms with van der Waals surface area (Å²) in [5.41, 5.74) is 0. The minimum Gasteiger partial charge on any atom is -0.467 e. The Morgan fingerprint density at radius 3 is 2.52 bits per heavy atom. The lowest BCUT2D eigenvalue weighted by Gasteiger charge is -2.35. The average molecular weight is 383 g/mol. The van der Waals surface area contributed by atoms with Crippen LogP contribution in [0.5, 0.6) is 0 Å². The van der Waals surface area contributed by atoms with Gasteiger partial charge in [-0.25, -0.2) is 12.8 Å². The molecule has 1 saturated heterocycles. The molecule has 0 saturated carbocycles. The zero-order chi connectivity index (χ0) is 17.9. The SMILES string of the molecule is O=S(=O)(c1ccccc1F)N1CCN(C(=S)NCc2ccco2)CC1. The van der Waals surface area contributed by atoms with Crippen LogP contribution in [0.4, 0.5) is 4.39 Å². The van der Waals surface area contributed by atoms with Crippen LogP contribution >= 0.6 is 12.2 Å². The normalized spacial score (nSPS) is 16.0. The number of nitrogens with one attached hydrogen (secondary N) is 1. The first kappa shape index (κ1) is 17.8. The van der Waals surface area contributed by atoms with Crippen molar-refractivity contribution in [2.24, 2.45) is 0 Å². The molecule has 3 rings (SSSR count). The maximum atomic E-state index is 13.8. The van der Waals surface area contributed by atoms with Crippen molar-refractivity contribution in [2.45, 2.75) is 11.4 Å². The highest BCUT2D eigenvalue weighted by Crippen LogP contribution is 2.20. The van der Waals surface area contributed by atoms with Crippen LogP contribution in [0.25, 0.3) is 0 Å². The molecular weight excluding hydrogens is 365 g/mol. The summed E-state index contributed by atoms with van der Waals surface area (Å²) in [6.07, 6.45) is 1.59. The van der Waals surface area contributed by atoms with Crippen LogP contribution < -0.4 is 5.32 Å². The van der Waals surface area contributed by atoms with E-state index in [0.717, 1.165) is 11.8 Å². The van der Waals surface area contributed by atoms with Crippen molar-refractivity contribution in [1.82, 2.24) is 14.5 Å². The number of hydrogen-bond acceptors (Lipinski definition) is 4. The van der Waals surface area contributed by atoms with Gasteiger partial charge in [0.1, 0.15) is 16.5 Å². The molecule has 0 radical (unpaired) electrons. The second-order valence-corrected chi connectivity index (χ2v) is 7.85. The molecule has 0 amide bonds. The van der Waals surface area contributed by atoms with Crippen molar-refractivity contribution in [1.29, 1.82) is 0 Å². The van der Waals surface area contributed by atoms with E-state index in [4.69, 9.17) is 16.6 Å². The van der Waals surface area contributed by atoms with Gasteiger partial charge in [0.15, 0.2) is 5.11 Å². The number of rotatable bonds is 4. The summed E-state index contributed by atoms with van der Waals surface area (Å²) in [4.78, 5) is 1.60. The van der Waals surface area contributed by atoms with E-state index >= 15 is 0 Å². The Bertz CT molecular complexity index is 832. The molecule has 1 aromatic heterocycles. The van der Waals surface area contributed by atoms with Crippen molar-refractivity contribution in [3.05, 3.63) is 54.2 Å². The predicted octanol–water partition coefficient (Wildman–Crippen LogP) is 1.80. The van der Waals surface area contributed by atoms with E-state index in [1.54, 1.807) is 12.3 Å². The van der Waals surface area contributed by atoms with Crippen molar-refractivity contribution < 1.29 is 17.2 Å². The highest BCUT2D eigenvalue weighted by Gasteiger charge is 2.30. The second kappa shape index (κ2) is 7.51. The molecule has 2 heterocycles. The van der Waals surface area contributed by atoms with E-state index in [-0.39, 0.29) is 18.0 Å². The molecule has 25 heavy (non-hydrogen) atoms. The smallest absolute Gasteiger partial charge is 0.246 e. The van der Waals surface area contributed by atoms with Crippen molar-refractivity contribution >= 4 is 27.4 Å². The van der Waals surface area contributed by atoms with Gasteiger partial charge in [0.25, 0.3) is 0 Å². The molecule has 9 heteroatoms. The Morgan fingerprint density at radius 2 is 1.88 bits per heavy atom. The highest BCUT2D eigenvalue weighted by atomic mass is 32.2. The van der Waals surface area contributed by atoms with Gasteiger partial charge in [-0.15, -0.1) is 0 Å². The predicted molar refractivity (Wildman–Crippen MR) is 94.9 cm³/mol. The van der Waals surface area contributed by atoms with Gasteiger partial charge >= 0.3 is 0 Å². The maximum Gasteiger partial charge on any atom is 0.246 e. The molecule has 1 aliphatic heterocycles. The molecule has 2 aromatic rings. The number of thiocarbonyl (C=S) groups is 1. The topological polar surface area (TPSA) is 65.8 Å². The van der Waals surface area contributed by atoms with Crippen molar-refractivity contribution in [3.8, 4) is 0 Å². The fourth-order valence-corrected chi connectivity index (χ4v) is 4.35. The fourth-order valence-electron chi connectivity index (χ4n) is 2.61. The summed E-state index contributed by atoms with van der Waals surface area (Å²) in [6, 6.07) is 9.06. The monoisotopic (exact) mass is 383 g/mol. The number of halogens is 1. The van der Waals surface area contributed by atoms with Gasteiger partial charge in [-0.05, 0) is 36.5 Å². The minimum atomic E-state index is -3.84. The average Bonchev–Trinajstić information content (AvgIpc) is 3.13. The van der Waals surface area contributed by atoms with E-state index in [2.05, 4.69) is 5.32 Å². The van der Waals surface area contributed by atoms with Gasteiger partial charge < -0.3 is 14.6 Å². The third kappa shape index (κ3) is 4.00. The third-order valence-corrected chi connectivity index (χ3v) is 6.31. The minimum absolute atomic E-state index is 0.249. The summed E-state index contributed by atoms with van der Waals surface area (Å²) in [6.45, 7) is 1.85. The van der Waals surface area contributed by atoms with Gasteiger partial charge in [-0.1, -0.05) is 12.1 Å². The Hall–Kier alpha value is -1.97. The molecule has 1 N–H and O–H groups in total. The number of hydrogen-bond donors (Lipinski definition) is 1. The molecule has 0 spiro atoms. The summed E-state index contributed by atoms with van der Waals surface area (Å²) < 4.78 is 45.5. The van der Waals surface area contributed by atoms with Gasteiger partial charge in [-0.3, -0.25) is 0 Å². The standard InChI is InChI=1S/C16H18FN3O3S2/c17-14-5-1-2-6-15(14)25(21,22)20-9-7-19(8-10-20)16(24)18-12-13-4-3-11-23-13/h1-6,11H,7-10,12H2,(H,18,24). The van der Waals surface area contributed by atoms with Gasteiger partial charge in [-0.2, -0.15) is 4.31 Å². The maximum absolute atomic E-state index is 13.8. The molecule has 1 fully saturated rings. The summed E-state index contributed by atoms with van der Waals surface area (Å²) in [5, 5.41) is 3.63. The number of sulfonamides is 1. The van der Waals surface area contributed by atoms with Crippen molar-refractivity contribution in [3.63, 3.8) is 0 Å². The molecular formula is C16H18FN3O3S2. The fraction of sp³-hybridized carbons (Fsp3) is 0.312. The molecule has 1 aliphatic rings. The van der Waals surface area contributed by atoms with E-state index < -0.39 is 15.8 Å². The van der Waals surface area contributed by atoms with E-state index in [1.165, 1.54) is 22.5 Å². The second-order valence-electron chi connectivity index (χ2n) is 5.56. The number of benzene rings is 1. The Balaban J connectivity index is 1.58. The molecule has 1 aromatic carbocycles. The summed E-state index contributed by atoms with van der Waals surface area (Å²) in [7, 11) is -3.84. The van der Waals surface area contributed by atoms with Gasteiger partial charge in [0, 0.05) is 26.2 Å². The first-order chi connectivity index (χ1) is 12.0. The third-order valence-electron chi connectivity index (χ3n) is 3.97. The number of piperazine rings is 1. The zero-order valence-corrected chi connectivity index (χ0v) is 15.0. The number of furan rings is 1. The molecule has 134 valence electrons. The Morgan fingerprint density at radius 1 is 1.16 bits per heavy atom. The molecule has 0 aliphatic carbocycles. The van der Waals surface area contributed by atoms with Crippen LogP contribution in [-0.4, -0.2) is 48.9 Å².